The minimum absolute atomic E-state index is 0.762. The summed E-state index contributed by atoms with van der Waals surface area (Å²) in [7, 11) is 0. The van der Waals surface area contributed by atoms with E-state index < -0.39 is 0 Å². The standard InChI is InChI=1S/C17H18N4/c1-2-12-21-13-11-20-17(21)19-10-8-15-6-3-5-14-7-4-9-18-16(14)15/h2-7,9,11,13H,1,8,10,12H2,(H,19,20). The maximum absolute atomic E-state index is 4.48. The number of benzene rings is 1. The van der Waals surface area contributed by atoms with Gasteiger partial charge in [0.1, 0.15) is 0 Å². The van der Waals surface area contributed by atoms with E-state index >= 15 is 0 Å². The summed E-state index contributed by atoms with van der Waals surface area (Å²) in [5.74, 6) is 0.878. The lowest BCUT2D eigenvalue weighted by Crippen LogP contribution is -2.10. The van der Waals surface area contributed by atoms with Crippen LogP contribution in [-0.2, 0) is 13.0 Å². The summed E-state index contributed by atoms with van der Waals surface area (Å²) in [6, 6.07) is 10.4. The van der Waals surface area contributed by atoms with Gasteiger partial charge in [0.2, 0.25) is 5.95 Å². The Morgan fingerprint density at radius 2 is 2.05 bits per heavy atom. The highest BCUT2D eigenvalue weighted by Gasteiger charge is 2.03. The van der Waals surface area contributed by atoms with Gasteiger partial charge < -0.3 is 9.88 Å². The number of nitrogens with zero attached hydrogens (tertiary/aromatic N) is 3. The van der Waals surface area contributed by atoms with Crippen LogP contribution in [0.5, 0.6) is 0 Å². The van der Waals surface area contributed by atoms with Crippen LogP contribution in [0.3, 0.4) is 0 Å². The van der Waals surface area contributed by atoms with Gasteiger partial charge in [0, 0.05) is 37.1 Å². The first kappa shape index (κ1) is 13.4. The first-order valence-corrected chi connectivity index (χ1v) is 7.07. The van der Waals surface area contributed by atoms with Crippen LogP contribution >= 0.6 is 0 Å². The highest BCUT2D eigenvalue weighted by molar-refractivity contribution is 5.81. The number of anilines is 1. The molecule has 3 rings (SSSR count). The number of rotatable bonds is 6. The molecule has 0 saturated carbocycles. The van der Waals surface area contributed by atoms with Crippen LogP contribution in [-0.4, -0.2) is 21.1 Å². The van der Waals surface area contributed by atoms with E-state index in [4.69, 9.17) is 0 Å². The molecule has 0 bridgehead atoms. The highest BCUT2D eigenvalue weighted by atomic mass is 15.2. The van der Waals surface area contributed by atoms with Gasteiger partial charge >= 0.3 is 0 Å². The predicted octanol–water partition coefficient (Wildman–Crippen LogP) is 3.27. The molecule has 0 aliphatic carbocycles. The van der Waals surface area contributed by atoms with Gasteiger partial charge in [-0.1, -0.05) is 30.3 Å². The van der Waals surface area contributed by atoms with Gasteiger partial charge in [-0.2, -0.15) is 0 Å². The van der Waals surface area contributed by atoms with Crippen molar-refractivity contribution in [3.05, 3.63) is 67.1 Å². The molecule has 3 aromatic rings. The van der Waals surface area contributed by atoms with E-state index in [1.54, 1.807) is 6.20 Å². The molecule has 1 N–H and O–H groups in total. The van der Waals surface area contributed by atoms with Crippen molar-refractivity contribution in [2.75, 3.05) is 11.9 Å². The minimum Gasteiger partial charge on any atom is -0.355 e. The lowest BCUT2D eigenvalue weighted by molar-refractivity contribution is 0.817. The predicted molar refractivity (Wildman–Crippen MR) is 86.4 cm³/mol. The summed E-state index contributed by atoms with van der Waals surface area (Å²) < 4.78 is 2.04. The molecular weight excluding hydrogens is 260 g/mol. The molecule has 4 heteroatoms. The molecule has 0 amide bonds. The Kier molecular flexibility index (Phi) is 3.96. The molecule has 106 valence electrons. The van der Waals surface area contributed by atoms with E-state index in [-0.39, 0.29) is 0 Å². The lowest BCUT2D eigenvalue weighted by atomic mass is 10.1. The summed E-state index contributed by atoms with van der Waals surface area (Å²) in [5.41, 5.74) is 2.33. The first-order chi connectivity index (χ1) is 10.4. The second-order valence-corrected chi connectivity index (χ2v) is 4.86. The maximum atomic E-state index is 4.48. The van der Waals surface area contributed by atoms with Crippen molar-refractivity contribution in [3.63, 3.8) is 0 Å². The number of hydrogen-bond acceptors (Lipinski definition) is 3. The van der Waals surface area contributed by atoms with Crippen LogP contribution in [0.15, 0.2) is 61.6 Å². The Morgan fingerprint density at radius 1 is 1.14 bits per heavy atom. The third-order valence-corrected chi connectivity index (χ3v) is 3.44. The fraction of sp³-hybridized carbons (Fsp3) is 0.176. The topological polar surface area (TPSA) is 42.7 Å². The Hall–Kier alpha value is -2.62. The second kappa shape index (κ2) is 6.22. The van der Waals surface area contributed by atoms with Gasteiger partial charge in [0.25, 0.3) is 0 Å². The van der Waals surface area contributed by atoms with Crippen molar-refractivity contribution in [1.29, 1.82) is 0 Å². The van der Waals surface area contributed by atoms with Crippen LogP contribution in [0.25, 0.3) is 10.9 Å². The van der Waals surface area contributed by atoms with Gasteiger partial charge in [-0.05, 0) is 18.1 Å². The van der Waals surface area contributed by atoms with Gasteiger partial charge in [-0.25, -0.2) is 4.98 Å². The van der Waals surface area contributed by atoms with Crippen molar-refractivity contribution in [2.45, 2.75) is 13.0 Å². The fourth-order valence-electron chi connectivity index (χ4n) is 2.44. The van der Waals surface area contributed by atoms with Gasteiger partial charge in [-0.15, -0.1) is 6.58 Å². The van der Waals surface area contributed by atoms with Crippen molar-refractivity contribution < 1.29 is 0 Å². The summed E-state index contributed by atoms with van der Waals surface area (Å²) in [5, 5.41) is 4.55. The smallest absolute Gasteiger partial charge is 0.203 e. The Morgan fingerprint density at radius 3 is 2.95 bits per heavy atom. The highest BCUT2D eigenvalue weighted by Crippen LogP contribution is 2.16. The van der Waals surface area contributed by atoms with E-state index in [1.165, 1.54) is 10.9 Å². The van der Waals surface area contributed by atoms with Gasteiger partial charge in [-0.3, -0.25) is 4.98 Å². The van der Waals surface area contributed by atoms with Crippen molar-refractivity contribution in [3.8, 4) is 0 Å². The second-order valence-electron chi connectivity index (χ2n) is 4.86. The van der Waals surface area contributed by atoms with Crippen molar-refractivity contribution >= 4 is 16.9 Å². The average molecular weight is 278 g/mol. The fourth-order valence-corrected chi connectivity index (χ4v) is 2.44. The molecule has 0 saturated heterocycles. The number of imidazole rings is 1. The zero-order valence-corrected chi connectivity index (χ0v) is 11.9. The van der Waals surface area contributed by atoms with E-state index in [0.29, 0.717) is 0 Å². The summed E-state index contributed by atoms with van der Waals surface area (Å²) in [6.07, 6.45) is 8.36. The Bertz CT molecular complexity index is 740. The van der Waals surface area contributed by atoms with Gasteiger partial charge in [0.15, 0.2) is 0 Å². The quantitative estimate of drug-likeness (QED) is 0.704. The number of aromatic nitrogens is 3. The number of allylic oxidation sites excluding steroid dienone is 1. The van der Waals surface area contributed by atoms with Crippen LogP contribution in [0.4, 0.5) is 5.95 Å². The Labute approximate surface area is 124 Å². The molecular formula is C17H18N4. The average Bonchev–Trinajstić information content (AvgIpc) is 2.95. The number of hydrogen-bond donors (Lipinski definition) is 1. The zero-order chi connectivity index (χ0) is 14.5. The zero-order valence-electron chi connectivity index (χ0n) is 11.9. The molecule has 0 spiro atoms. The molecule has 0 aliphatic rings. The third kappa shape index (κ3) is 2.94. The lowest BCUT2D eigenvalue weighted by Gasteiger charge is -2.09. The molecule has 1 aromatic carbocycles. The van der Waals surface area contributed by atoms with Crippen LogP contribution in [0.1, 0.15) is 5.56 Å². The first-order valence-electron chi connectivity index (χ1n) is 7.07. The third-order valence-electron chi connectivity index (χ3n) is 3.44. The monoisotopic (exact) mass is 278 g/mol. The van der Waals surface area contributed by atoms with E-state index in [1.807, 2.05) is 29.1 Å². The van der Waals surface area contributed by atoms with Crippen LogP contribution in [0.2, 0.25) is 0 Å². The van der Waals surface area contributed by atoms with Crippen LogP contribution in [0, 0.1) is 0 Å². The molecule has 0 radical (unpaired) electrons. The van der Waals surface area contributed by atoms with Crippen LogP contribution < -0.4 is 5.32 Å². The summed E-state index contributed by atoms with van der Waals surface area (Å²) in [4.78, 5) is 8.80. The molecule has 4 nitrogen and oxygen atoms in total. The van der Waals surface area contributed by atoms with Gasteiger partial charge in [0.05, 0.1) is 5.52 Å². The summed E-state index contributed by atoms with van der Waals surface area (Å²) in [6.45, 7) is 5.34. The number of pyridine rings is 1. The SMILES string of the molecule is C=CCn1ccnc1NCCc1cccc2cccnc12. The number of nitrogens with one attached hydrogen (secondary N) is 1. The Balaban J connectivity index is 1.69. The summed E-state index contributed by atoms with van der Waals surface area (Å²) >= 11 is 0. The van der Waals surface area contributed by atoms with E-state index in [2.05, 4.69) is 46.1 Å². The molecule has 2 aromatic heterocycles. The molecule has 21 heavy (non-hydrogen) atoms. The molecule has 0 aliphatic heterocycles. The van der Waals surface area contributed by atoms with Crippen molar-refractivity contribution in [2.24, 2.45) is 0 Å². The number of fused-ring (bicyclic) bond motifs is 1. The normalized spacial score (nSPS) is 10.7. The van der Waals surface area contributed by atoms with E-state index in [9.17, 15) is 0 Å². The molecule has 0 unspecified atom stereocenters. The maximum Gasteiger partial charge on any atom is 0.203 e. The molecule has 2 heterocycles. The number of para-hydroxylation sites is 1. The molecule has 0 fully saturated rings. The van der Waals surface area contributed by atoms with E-state index in [0.717, 1.165) is 31.0 Å². The largest absolute Gasteiger partial charge is 0.355 e. The van der Waals surface area contributed by atoms with Crippen molar-refractivity contribution in [1.82, 2.24) is 14.5 Å². The molecule has 0 atom stereocenters. The minimum atomic E-state index is 0.762.